The SMILES string of the molecule is CCC(Cl)CNC1c2c(SC)ccc3c2C(CC1O)CN3Cc1ccccc1. The number of hydrogen-bond donors (Lipinski definition) is 2. The van der Waals surface area contributed by atoms with Gasteiger partial charge in [-0.3, -0.25) is 0 Å². The molecule has 5 heteroatoms. The molecule has 0 saturated heterocycles. The molecule has 0 bridgehead atoms. The van der Waals surface area contributed by atoms with Crippen LogP contribution in [0.3, 0.4) is 0 Å². The van der Waals surface area contributed by atoms with E-state index >= 15 is 0 Å². The second kappa shape index (κ2) is 8.66. The highest BCUT2D eigenvalue weighted by Gasteiger charge is 2.42. The fraction of sp³-hybridized carbons (Fsp3) is 0.478. The van der Waals surface area contributed by atoms with E-state index in [1.165, 1.54) is 27.3 Å². The molecule has 0 amide bonds. The van der Waals surface area contributed by atoms with Crippen molar-refractivity contribution in [2.24, 2.45) is 0 Å². The van der Waals surface area contributed by atoms with Crippen molar-refractivity contribution in [3.05, 3.63) is 59.2 Å². The van der Waals surface area contributed by atoms with Crippen molar-refractivity contribution in [3.8, 4) is 0 Å². The lowest BCUT2D eigenvalue weighted by molar-refractivity contribution is 0.101. The summed E-state index contributed by atoms with van der Waals surface area (Å²) >= 11 is 8.13. The lowest BCUT2D eigenvalue weighted by Gasteiger charge is -2.35. The highest BCUT2D eigenvalue weighted by molar-refractivity contribution is 7.98. The Kier molecular flexibility index (Phi) is 6.21. The van der Waals surface area contributed by atoms with Gasteiger partial charge in [-0.1, -0.05) is 37.3 Å². The van der Waals surface area contributed by atoms with Crippen molar-refractivity contribution in [2.45, 2.75) is 54.6 Å². The maximum atomic E-state index is 11.0. The Hall–Kier alpha value is -1.20. The topological polar surface area (TPSA) is 35.5 Å². The summed E-state index contributed by atoms with van der Waals surface area (Å²) in [5.74, 6) is 0.395. The Labute approximate surface area is 177 Å². The minimum absolute atomic E-state index is 0.0434. The van der Waals surface area contributed by atoms with E-state index in [1.54, 1.807) is 11.8 Å². The van der Waals surface area contributed by atoms with Gasteiger partial charge in [0.15, 0.2) is 0 Å². The lowest BCUT2D eigenvalue weighted by atomic mass is 9.79. The summed E-state index contributed by atoms with van der Waals surface area (Å²) in [7, 11) is 0. The van der Waals surface area contributed by atoms with Crippen LogP contribution >= 0.6 is 23.4 Å². The van der Waals surface area contributed by atoms with Crippen molar-refractivity contribution in [1.29, 1.82) is 0 Å². The number of nitrogens with zero attached hydrogens (tertiary/aromatic N) is 1. The molecule has 2 aromatic rings. The third kappa shape index (κ3) is 3.80. The fourth-order valence-corrected chi connectivity index (χ4v) is 5.42. The predicted octanol–water partition coefficient (Wildman–Crippen LogP) is 4.93. The second-order valence-electron chi connectivity index (χ2n) is 7.87. The van der Waals surface area contributed by atoms with Gasteiger partial charge in [-0.15, -0.1) is 23.4 Å². The molecule has 1 heterocycles. The predicted molar refractivity (Wildman–Crippen MR) is 120 cm³/mol. The summed E-state index contributed by atoms with van der Waals surface area (Å²) in [6.45, 7) is 4.71. The van der Waals surface area contributed by atoms with Crippen LogP contribution in [0.2, 0.25) is 0 Å². The van der Waals surface area contributed by atoms with Gasteiger partial charge in [-0.05, 0) is 47.9 Å². The van der Waals surface area contributed by atoms with Crippen molar-refractivity contribution in [2.75, 3.05) is 24.2 Å². The molecule has 28 heavy (non-hydrogen) atoms. The van der Waals surface area contributed by atoms with Gasteiger partial charge in [-0.25, -0.2) is 0 Å². The summed E-state index contributed by atoms with van der Waals surface area (Å²) in [4.78, 5) is 3.75. The number of aliphatic hydroxyl groups is 1. The van der Waals surface area contributed by atoms with Crippen LogP contribution < -0.4 is 10.2 Å². The molecule has 4 atom stereocenters. The lowest BCUT2D eigenvalue weighted by Crippen LogP contribution is -2.40. The highest BCUT2D eigenvalue weighted by Crippen LogP contribution is 2.50. The number of benzene rings is 2. The smallest absolute Gasteiger partial charge is 0.0741 e. The normalized spacial score (nSPS) is 24.3. The first-order valence-corrected chi connectivity index (χ1v) is 11.8. The van der Waals surface area contributed by atoms with E-state index in [4.69, 9.17) is 11.6 Å². The van der Waals surface area contributed by atoms with Gasteiger partial charge in [0.25, 0.3) is 0 Å². The summed E-state index contributed by atoms with van der Waals surface area (Å²) in [5.41, 5.74) is 5.39. The molecule has 3 nitrogen and oxygen atoms in total. The maximum absolute atomic E-state index is 11.0. The first-order chi connectivity index (χ1) is 13.6. The van der Waals surface area contributed by atoms with E-state index in [1.807, 2.05) is 0 Å². The minimum atomic E-state index is -0.379. The first kappa shape index (κ1) is 20.1. The summed E-state index contributed by atoms with van der Waals surface area (Å²) in [6, 6.07) is 15.1. The molecule has 4 rings (SSSR count). The molecule has 2 aliphatic rings. The van der Waals surface area contributed by atoms with E-state index in [9.17, 15) is 5.11 Å². The Balaban J connectivity index is 1.68. The number of nitrogens with one attached hydrogen (secondary N) is 1. The van der Waals surface area contributed by atoms with Crippen LogP contribution in [-0.4, -0.2) is 35.9 Å². The van der Waals surface area contributed by atoms with Crippen LogP contribution in [0.5, 0.6) is 0 Å². The quantitative estimate of drug-likeness (QED) is 0.495. The van der Waals surface area contributed by atoms with Crippen LogP contribution in [0.4, 0.5) is 5.69 Å². The number of alkyl halides is 1. The molecule has 0 spiro atoms. The number of halogens is 1. The number of hydrogen-bond acceptors (Lipinski definition) is 4. The van der Waals surface area contributed by atoms with Gasteiger partial charge < -0.3 is 15.3 Å². The zero-order chi connectivity index (χ0) is 19.7. The van der Waals surface area contributed by atoms with Crippen LogP contribution in [0.25, 0.3) is 0 Å². The third-order valence-electron chi connectivity index (χ3n) is 6.07. The average molecular weight is 417 g/mol. The Morgan fingerprint density at radius 2 is 2.00 bits per heavy atom. The summed E-state index contributed by atoms with van der Waals surface area (Å²) in [6.07, 6.45) is 3.47. The molecular formula is C23H29ClN2OS. The molecule has 0 aromatic heterocycles. The Morgan fingerprint density at radius 3 is 2.71 bits per heavy atom. The van der Waals surface area contributed by atoms with Gasteiger partial charge in [0.2, 0.25) is 0 Å². The van der Waals surface area contributed by atoms with E-state index in [0.29, 0.717) is 5.92 Å². The van der Waals surface area contributed by atoms with Crippen molar-refractivity contribution < 1.29 is 5.11 Å². The molecule has 4 unspecified atom stereocenters. The molecule has 150 valence electrons. The average Bonchev–Trinajstić information content (AvgIpc) is 3.06. The minimum Gasteiger partial charge on any atom is -0.391 e. The standard InChI is InChI=1S/C23H29ClN2OS/c1-3-17(24)12-25-23-19(27)11-16-14-26(13-15-7-5-4-6-8-15)18-9-10-20(28-2)22(23)21(16)18/h4-10,16-17,19,23,25,27H,3,11-14H2,1-2H3. The van der Waals surface area contributed by atoms with Crippen molar-refractivity contribution in [1.82, 2.24) is 5.32 Å². The highest BCUT2D eigenvalue weighted by atomic mass is 35.5. The molecule has 1 aliphatic heterocycles. The number of rotatable bonds is 7. The van der Waals surface area contributed by atoms with Gasteiger partial charge in [-0.2, -0.15) is 0 Å². The Bertz CT molecular complexity index is 816. The molecule has 0 saturated carbocycles. The first-order valence-electron chi connectivity index (χ1n) is 10.2. The van der Waals surface area contributed by atoms with E-state index in [0.717, 1.165) is 32.5 Å². The molecule has 2 N–H and O–H groups in total. The van der Waals surface area contributed by atoms with E-state index in [-0.39, 0.29) is 17.5 Å². The summed E-state index contributed by atoms with van der Waals surface area (Å²) < 4.78 is 0. The molecule has 0 fully saturated rings. The van der Waals surface area contributed by atoms with E-state index in [2.05, 4.69) is 65.9 Å². The maximum Gasteiger partial charge on any atom is 0.0741 e. The van der Waals surface area contributed by atoms with Gasteiger partial charge in [0, 0.05) is 41.5 Å². The molecule has 1 aliphatic carbocycles. The molecular weight excluding hydrogens is 388 g/mol. The van der Waals surface area contributed by atoms with Gasteiger partial charge in [0.1, 0.15) is 0 Å². The molecule has 2 aromatic carbocycles. The van der Waals surface area contributed by atoms with Crippen LogP contribution in [0.15, 0.2) is 47.4 Å². The van der Waals surface area contributed by atoms with Gasteiger partial charge >= 0.3 is 0 Å². The third-order valence-corrected chi connectivity index (χ3v) is 7.33. The zero-order valence-corrected chi connectivity index (χ0v) is 18.1. The van der Waals surface area contributed by atoms with Crippen LogP contribution in [0, 0.1) is 0 Å². The largest absolute Gasteiger partial charge is 0.391 e. The fourth-order valence-electron chi connectivity index (χ4n) is 4.67. The van der Waals surface area contributed by atoms with Crippen molar-refractivity contribution >= 4 is 29.1 Å². The number of thioether (sulfide) groups is 1. The monoisotopic (exact) mass is 416 g/mol. The number of aliphatic hydroxyl groups excluding tert-OH is 1. The number of anilines is 1. The van der Waals surface area contributed by atoms with Crippen LogP contribution in [-0.2, 0) is 6.54 Å². The second-order valence-corrected chi connectivity index (χ2v) is 9.34. The zero-order valence-electron chi connectivity index (χ0n) is 16.6. The Morgan fingerprint density at radius 1 is 1.21 bits per heavy atom. The van der Waals surface area contributed by atoms with E-state index < -0.39 is 0 Å². The van der Waals surface area contributed by atoms with Crippen molar-refractivity contribution in [3.63, 3.8) is 0 Å². The molecule has 0 radical (unpaired) electrons. The van der Waals surface area contributed by atoms with Gasteiger partial charge in [0.05, 0.1) is 12.1 Å². The van der Waals surface area contributed by atoms with Crippen LogP contribution in [0.1, 0.15) is 48.4 Å². The summed E-state index contributed by atoms with van der Waals surface area (Å²) in [5, 5.41) is 14.7.